The fraction of sp³-hybridized carbons (Fsp3) is 0.571. The van der Waals surface area contributed by atoms with E-state index in [9.17, 15) is 4.79 Å². The van der Waals surface area contributed by atoms with E-state index in [0.717, 1.165) is 17.3 Å². The molecule has 14 heavy (non-hydrogen) atoms. The van der Waals surface area contributed by atoms with E-state index in [1.54, 1.807) is 0 Å². The molecule has 1 heterocycles. The van der Waals surface area contributed by atoms with Crippen LogP contribution >= 0.6 is 35.3 Å². The molecule has 0 atom stereocenters. The summed E-state index contributed by atoms with van der Waals surface area (Å²) in [6.07, 6.45) is 0.956. The van der Waals surface area contributed by atoms with Crippen LogP contribution in [0.15, 0.2) is 4.34 Å². The first-order valence-corrected chi connectivity index (χ1v) is 6.38. The first-order valence-electron chi connectivity index (χ1n) is 4.17. The van der Waals surface area contributed by atoms with Crippen LogP contribution in [0.2, 0.25) is 0 Å². The van der Waals surface area contributed by atoms with Gasteiger partial charge in [-0.25, -0.2) is 0 Å². The third-order valence-corrected chi connectivity index (χ3v) is 3.55. The highest BCUT2D eigenvalue weighted by Crippen LogP contribution is 2.19. The summed E-state index contributed by atoms with van der Waals surface area (Å²) in [5.41, 5.74) is 0. The molecular formula is C7H11N3OS3. The predicted octanol–water partition coefficient (Wildman–Crippen LogP) is 1.82. The zero-order chi connectivity index (χ0) is 10.4. The summed E-state index contributed by atoms with van der Waals surface area (Å²) in [5, 5.41) is 9.40. The maximum Gasteiger partial charge on any atom is 0.230 e. The summed E-state index contributed by atoms with van der Waals surface area (Å²) < 4.78 is 1.45. The quantitative estimate of drug-likeness (QED) is 0.617. The van der Waals surface area contributed by atoms with E-state index >= 15 is 0 Å². The SMILES string of the molecule is CCCNC(=O)CSc1n[nH]c(=S)s1. The molecule has 1 rings (SSSR count). The Morgan fingerprint density at radius 1 is 1.79 bits per heavy atom. The van der Waals surface area contributed by atoms with Crippen molar-refractivity contribution in [3.05, 3.63) is 3.95 Å². The van der Waals surface area contributed by atoms with E-state index in [1.165, 1.54) is 23.1 Å². The number of thioether (sulfide) groups is 1. The van der Waals surface area contributed by atoms with Crippen molar-refractivity contribution >= 4 is 41.2 Å². The number of amides is 1. The van der Waals surface area contributed by atoms with E-state index in [-0.39, 0.29) is 5.91 Å². The summed E-state index contributed by atoms with van der Waals surface area (Å²) in [6, 6.07) is 0. The van der Waals surface area contributed by atoms with Gasteiger partial charge >= 0.3 is 0 Å². The number of carbonyl (C=O) groups excluding carboxylic acids is 1. The van der Waals surface area contributed by atoms with E-state index in [2.05, 4.69) is 15.5 Å². The molecule has 0 radical (unpaired) electrons. The van der Waals surface area contributed by atoms with Crippen LogP contribution < -0.4 is 5.32 Å². The molecule has 2 N–H and O–H groups in total. The topological polar surface area (TPSA) is 57.8 Å². The van der Waals surface area contributed by atoms with Crippen molar-refractivity contribution in [1.82, 2.24) is 15.5 Å². The molecule has 0 aliphatic carbocycles. The van der Waals surface area contributed by atoms with Crippen molar-refractivity contribution in [2.75, 3.05) is 12.3 Å². The summed E-state index contributed by atoms with van der Waals surface area (Å²) in [5.74, 6) is 0.439. The van der Waals surface area contributed by atoms with Gasteiger partial charge in [-0.1, -0.05) is 30.0 Å². The molecule has 7 heteroatoms. The molecule has 78 valence electrons. The van der Waals surface area contributed by atoms with Crippen LogP contribution in [0, 0.1) is 3.95 Å². The van der Waals surface area contributed by atoms with Gasteiger partial charge < -0.3 is 5.32 Å². The van der Waals surface area contributed by atoms with Gasteiger partial charge in [-0.2, -0.15) is 5.10 Å². The maximum atomic E-state index is 11.2. The number of aromatic nitrogens is 2. The first-order chi connectivity index (χ1) is 6.72. The molecule has 0 aliphatic rings. The third-order valence-electron chi connectivity index (χ3n) is 1.32. The Labute approximate surface area is 95.5 Å². The molecule has 0 spiro atoms. The second-order valence-electron chi connectivity index (χ2n) is 2.52. The van der Waals surface area contributed by atoms with Crippen LogP contribution in [0.1, 0.15) is 13.3 Å². The molecule has 1 amide bonds. The monoisotopic (exact) mass is 249 g/mol. The molecule has 0 saturated carbocycles. The Morgan fingerprint density at radius 3 is 3.14 bits per heavy atom. The zero-order valence-electron chi connectivity index (χ0n) is 7.70. The van der Waals surface area contributed by atoms with Crippen molar-refractivity contribution in [3.8, 4) is 0 Å². The van der Waals surface area contributed by atoms with Gasteiger partial charge in [0.25, 0.3) is 0 Å². The smallest absolute Gasteiger partial charge is 0.230 e. The second-order valence-corrected chi connectivity index (χ2v) is 5.41. The zero-order valence-corrected chi connectivity index (χ0v) is 10.2. The van der Waals surface area contributed by atoms with Crippen LogP contribution in [-0.2, 0) is 4.79 Å². The van der Waals surface area contributed by atoms with Gasteiger partial charge in [-0.3, -0.25) is 9.89 Å². The molecule has 0 aliphatic heterocycles. The number of nitrogens with zero attached hydrogens (tertiary/aromatic N) is 1. The van der Waals surface area contributed by atoms with Gasteiger partial charge in [0.1, 0.15) is 0 Å². The molecule has 4 nitrogen and oxygen atoms in total. The molecule has 0 unspecified atom stereocenters. The van der Waals surface area contributed by atoms with E-state index in [1.807, 2.05) is 6.92 Å². The summed E-state index contributed by atoms with van der Waals surface area (Å²) in [7, 11) is 0. The maximum absolute atomic E-state index is 11.2. The Morgan fingerprint density at radius 2 is 2.57 bits per heavy atom. The Hall–Kier alpha value is -0.400. The third kappa shape index (κ3) is 4.21. The van der Waals surface area contributed by atoms with Crippen molar-refractivity contribution in [3.63, 3.8) is 0 Å². The first kappa shape index (κ1) is 11.7. The van der Waals surface area contributed by atoms with Gasteiger partial charge in [-0.15, -0.1) is 0 Å². The summed E-state index contributed by atoms with van der Waals surface area (Å²) >= 11 is 7.65. The second kappa shape index (κ2) is 6.15. The highest BCUT2D eigenvalue weighted by molar-refractivity contribution is 8.01. The largest absolute Gasteiger partial charge is 0.355 e. The number of carbonyl (C=O) groups is 1. The lowest BCUT2D eigenvalue weighted by molar-refractivity contribution is -0.118. The van der Waals surface area contributed by atoms with Gasteiger partial charge in [0.2, 0.25) is 5.91 Å². The molecular weight excluding hydrogens is 238 g/mol. The molecule has 0 bridgehead atoms. The average molecular weight is 249 g/mol. The van der Waals surface area contributed by atoms with Crippen LogP contribution in [0.4, 0.5) is 0 Å². The van der Waals surface area contributed by atoms with Crippen molar-refractivity contribution < 1.29 is 4.79 Å². The van der Waals surface area contributed by atoms with Crippen molar-refractivity contribution in [2.24, 2.45) is 0 Å². The highest BCUT2D eigenvalue weighted by Gasteiger charge is 2.03. The number of hydrogen-bond donors (Lipinski definition) is 2. The lowest BCUT2D eigenvalue weighted by Crippen LogP contribution is -2.25. The van der Waals surface area contributed by atoms with Gasteiger partial charge in [-0.05, 0) is 18.6 Å². The van der Waals surface area contributed by atoms with Gasteiger partial charge in [0, 0.05) is 6.54 Å². The van der Waals surface area contributed by atoms with Crippen LogP contribution in [0.3, 0.4) is 0 Å². The van der Waals surface area contributed by atoms with Crippen molar-refractivity contribution in [2.45, 2.75) is 17.7 Å². The minimum Gasteiger partial charge on any atom is -0.355 e. The molecule has 1 aromatic rings. The number of aromatic amines is 1. The molecule has 1 aromatic heterocycles. The van der Waals surface area contributed by atoms with Gasteiger partial charge in [0.15, 0.2) is 8.29 Å². The van der Waals surface area contributed by atoms with Crippen molar-refractivity contribution in [1.29, 1.82) is 0 Å². The summed E-state index contributed by atoms with van der Waals surface area (Å²) in [6.45, 7) is 2.75. The van der Waals surface area contributed by atoms with E-state index < -0.39 is 0 Å². The van der Waals surface area contributed by atoms with E-state index in [4.69, 9.17) is 12.2 Å². The fourth-order valence-corrected chi connectivity index (χ4v) is 2.63. The Balaban J connectivity index is 2.27. The predicted molar refractivity (Wildman–Crippen MR) is 61.3 cm³/mol. The Kier molecular flexibility index (Phi) is 5.13. The van der Waals surface area contributed by atoms with Gasteiger partial charge in [0.05, 0.1) is 5.75 Å². The van der Waals surface area contributed by atoms with E-state index in [0.29, 0.717) is 9.71 Å². The fourth-order valence-electron chi connectivity index (χ4n) is 0.721. The van der Waals surface area contributed by atoms with Crippen LogP contribution in [0.5, 0.6) is 0 Å². The number of rotatable bonds is 5. The molecule has 0 saturated heterocycles. The molecule has 0 fully saturated rings. The number of H-pyrrole nitrogens is 1. The number of nitrogens with one attached hydrogen (secondary N) is 2. The Bertz CT molecular complexity index is 346. The van der Waals surface area contributed by atoms with Crippen LogP contribution in [0.25, 0.3) is 0 Å². The highest BCUT2D eigenvalue weighted by atomic mass is 32.2. The lowest BCUT2D eigenvalue weighted by atomic mass is 10.5. The normalized spacial score (nSPS) is 10.1. The standard InChI is InChI=1S/C7H11N3OS3/c1-2-3-8-5(11)4-13-7-10-9-6(12)14-7/h2-4H2,1H3,(H,8,11)(H,9,12). The minimum atomic E-state index is 0.0398. The minimum absolute atomic E-state index is 0.0398. The average Bonchev–Trinajstić information content (AvgIpc) is 2.58. The lowest BCUT2D eigenvalue weighted by Gasteiger charge is -2.00. The molecule has 0 aromatic carbocycles. The number of hydrogen-bond acceptors (Lipinski definition) is 5. The summed E-state index contributed by atoms with van der Waals surface area (Å²) in [4.78, 5) is 11.2. The van der Waals surface area contributed by atoms with Crippen LogP contribution in [-0.4, -0.2) is 28.4 Å².